The highest BCUT2D eigenvalue weighted by Crippen LogP contribution is 2.36. The number of nitrogens with one attached hydrogen (secondary N) is 2. The molecule has 4 heterocycles. The number of benzene rings is 1. The van der Waals surface area contributed by atoms with Crippen LogP contribution in [0.4, 0.5) is 5.82 Å². The Balaban J connectivity index is 1.41. The van der Waals surface area contributed by atoms with E-state index < -0.39 is 0 Å². The van der Waals surface area contributed by atoms with E-state index >= 15 is 0 Å². The van der Waals surface area contributed by atoms with Crippen molar-refractivity contribution in [1.29, 1.82) is 10.8 Å². The third kappa shape index (κ3) is 3.55. The molecule has 1 aromatic carbocycles. The molecule has 5 rings (SSSR count). The van der Waals surface area contributed by atoms with E-state index in [0.29, 0.717) is 37.0 Å². The first-order chi connectivity index (χ1) is 15.5. The van der Waals surface area contributed by atoms with Crippen molar-refractivity contribution >= 4 is 12.2 Å². The first-order valence-electron chi connectivity index (χ1n) is 10.5. The van der Waals surface area contributed by atoms with Crippen molar-refractivity contribution in [3.05, 3.63) is 58.3 Å². The lowest BCUT2D eigenvalue weighted by Crippen LogP contribution is -2.35. The molecule has 2 aliphatic heterocycles. The summed E-state index contributed by atoms with van der Waals surface area (Å²) >= 11 is 0. The highest BCUT2D eigenvalue weighted by Gasteiger charge is 2.22. The van der Waals surface area contributed by atoms with Gasteiger partial charge in [-0.1, -0.05) is 0 Å². The summed E-state index contributed by atoms with van der Waals surface area (Å²) in [6, 6.07) is 7.54. The van der Waals surface area contributed by atoms with Gasteiger partial charge in [0.15, 0.2) is 22.8 Å². The molecular formula is C23H24N6O3. The third-order valence-electron chi connectivity index (χ3n) is 5.87. The maximum absolute atomic E-state index is 8.14. The van der Waals surface area contributed by atoms with E-state index in [2.05, 4.69) is 15.0 Å². The minimum atomic E-state index is 0.232. The van der Waals surface area contributed by atoms with Crippen LogP contribution in [0.3, 0.4) is 0 Å². The molecule has 0 atom stereocenters. The average molecular weight is 432 g/mol. The molecule has 0 unspecified atom stereocenters. The van der Waals surface area contributed by atoms with E-state index in [4.69, 9.17) is 25.0 Å². The summed E-state index contributed by atoms with van der Waals surface area (Å²) in [5.41, 5.74) is 4.12. The molecule has 0 saturated heterocycles. The summed E-state index contributed by atoms with van der Waals surface area (Å²) in [5.74, 6) is 3.50. The van der Waals surface area contributed by atoms with Crippen LogP contribution >= 0.6 is 0 Å². The Bertz CT molecular complexity index is 1270. The average Bonchev–Trinajstić information content (AvgIpc) is 2.82. The van der Waals surface area contributed by atoms with E-state index in [0.717, 1.165) is 53.3 Å². The minimum Gasteiger partial charge on any atom is -0.486 e. The monoisotopic (exact) mass is 432 g/mol. The molecule has 0 radical (unpaired) electrons. The predicted octanol–water partition coefficient (Wildman–Crippen LogP) is 2.96. The second kappa shape index (κ2) is 7.99. The number of aromatic nitrogens is 3. The topological polar surface area (TPSA) is 109 Å². The second-order valence-electron chi connectivity index (χ2n) is 7.85. The number of anilines is 1. The highest BCUT2D eigenvalue weighted by molar-refractivity contribution is 5.57. The summed E-state index contributed by atoms with van der Waals surface area (Å²) in [5, 5.41) is 20.2. The molecule has 0 fully saturated rings. The molecule has 32 heavy (non-hydrogen) atoms. The van der Waals surface area contributed by atoms with Crippen LogP contribution < -0.4 is 24.6 Å². The van der Waals surface area contributed by atoms with Crippen molar-refractivity contribution in [2.45, 2.75) is 26.8 Å². The number of ether oxygens (including phenoxy) is 3. The molecule has 0 aliphatic carbocycles. The van der Waals surface area contributed by atoms with Crippen molar-refractivity contribution < 1.29 is 14.2 Å². The summed E-state index contributed by atoms with van der Waals surface area (Å²) in [6.45, 7) is 6.34. The summed E-state index contributed by atoms with van der Waals surface area (Å²) in [4.78, 5) is 6.79. The molecule has 3 aromatic rings. The lowest BCUT2D eigenvalue weighted by atomic mass is 10.0. The molecule has 0 saturated carbocycles. The normalized spacial score (nSPS) is 14.6. The molecule has 9 nitrogen and oxygen atoms in total. The molecular weight excluding hydrogens is 408 g/mol. The van der Waals surface area contributed by atoms with E-state index in [1.54, 1.807) is 6.20 Å². The van der Waals surface area contributed by atoms with Crippen LogP contribution in [0.2, 0.25) is 0 Å². The van der Waals surface area contributed by atoms with Gasteiger partial charge in [-0.3, -0.25) is 15.8 Å². The summed E-state index contributed by atoms with van der Waals surface area (Å²) in [7, 11) is 0. The number of pyridine rings is 1. The van der Waals surface area contributed by atoms with Crippen LogP contribution in [0.15, 0.2) is 30.5 Å². The fraction of sp³-hybridized carbons (Fsp3) is 0.304. The Morgan fingerprint density at radius 1 is 1.06 bits per heavy atom. The smallest absolute Gasteiger partial charge is 0.165 e. The van der Waals surface area contributed by atoms with E-state index in [1.165, 1.54) is 4.68 Å². The van der Waals surface area contributed by atoms with Gasteiger partial charge in [0.1, 0.15) is 31.1 Å². The van der Waals surface area contributed by atoms with Gasteiger partial charge in [-0.05, 0) is 43.2 Å². The number of nitrogens with zero attached hydrogens (tertiary/aromatic N) is 4. The Morgan fingerprint density at radius 2 is 1.88 bits per heavy atom. The zero-order chi connectivity index (χ0) is 22.2. The van der Waals surface area contributed by atoms with Gasteiger partial charge < -0.3 is 19.1 Å². The lowest BCUT2D eigenvalue weighted by molar-refractivity contribution is 0.171. The van der Waals surface area contributed by atoms with Gasteiger partial charge >= 0.3 is 0 Å². The fourth-order valence-corrected chi connectivity index (χ4v) is 4.00. The first-order valence-corrected chi connectivity index (χ1v) is 10.5. The third-order valence-corrected chi connectivity index (χ3v) is 5.87. The number of hydrogen-bond donors (Lipinski definition) is 2. The fourth-order valence-electron chi connectivity index (χ4n) is 4.00. The Labute approximate surface area is 185 Å². The quantitative estimate of drug-likeness (QED) is 0.485. The molecule has 2 N–H and O–H groups in total. The minimum absolute atomic E-state index is 0.232. The predicted molar refractivity (Wildman–Crippen MR) is 118 cm³/mol. The van der Waals surface area contributed by atoms with Crippen molar-refractivity contribution in [1.82, 2.24) is 14.8 Å². The van der Waals surface area contributed by atoms with Gasteiger partial charge in [0.25, 0.3) is 0 Å². The van der Waals surface area contributed by atoms with Crippen LogP contribution in [0.25, 0.3) is 0 Å². The van der Waals surface area contributed by atoms with Gasteiger partial charge in [0, 0.05) is 36.8 Å². The van der Waals surface area contributed by atoms with Crippen molar-refractivity contribution in [3.63, 3.8) is 0 Å². The van der Waals surface area contributed by atoms with Crippen LogP contribution in [0.5, 0.6) is 23.0 Å². The largest absolute Gasteiger partial charge is 0.486 e. The van der Waals surface area contributed by atoms with Gasteiger partial charge in [-0.25, -0.2) is 4.68 Å². The Morgan fingerprint density at radius 3 is 2.69 bits per heavy atom. The van der Waals surface area contributed by atoms with E-state index in [1.807, 2.05) is 38.1 Å². The number of fused-ring (bicyclic) bond motifs is 2. The zero-order valence-corrected chi connectivity index (χ0v) is 18.0. The highest BCUT2D eigenvalue weighted by atomic mass is 16.6. The molecule has 2 aliphatic rings. The first kappa shape index (κ1) is 20.0. The van der Waals surface area contributed by atoms with Crippen LogP contribution in [-0.4, -0.2) is 40.9 Å². The summed E-state index contributed by atoms with van der Waals surface area (Å²) in [6.07, 6.45) is 3.60. The molecule has 9 heteroatoms. The van der Waals surface area contributed by atoms with Crippen LogP contribution in [0.1, 0.15) is 22.4 Å². The van der Waals surface area contributed by atoms with E-state index in [9.17, 15) is 0 Å². The van der Waals surface area contributed by atoms with Crippen molar-refractivity contribution in [2.24, 2.45) is 0 Å². The van der Waals surface area contributed by atoms with Gasteiger partial charge in [0.05, 0.1) is 6.20 Å². The maximum Gasteiger partial charge on any atom is 0.165 e. The molecule has 0 amide bonds. The number of hydrogen-bond acceptors (Lipinski definition) is 8. The Hall–Kier alpha value is -3.88. The Kier molecular flexibility index (Phi) is 5.01. The van der Waals surface area contributed by atoms with Crippen LogP contribution in [0, 0.1) is 24.7 Å². The van der Waals surface area contributed by atoms with Gasteiger partial charge in [-0.15, -0.1) is 5.10 Å². The molecule has 0 spiro atoms. The molecule has 164 valence electrons. The van der Waals surface area contributed by atoms with Gasteiger partial charge in [0.2, 0.25) is 0 Å². The number of rotatable bonds is 4. The van der Waals surface area contributed by atoms with Gasteiger partial charge in [-0.2, -0.15) is 0 Å². The summed E-state index contributed by atoms with van der Waals surface area (Å²) < 4.78 is 18.6. The lowest BCUT2D eigenvalue weighted by Gasteiger charge is -2.31. The van der Waals surface area contributed by atoms with Crippen molar-refractivity contribution in [2.75, 3.05) is 24.7 Å². The van der Waals surface area contributed by atoms with Crippen LogP contribution in [-0.2, 0) is 13.0 Å². The maximum atomic E-state index is 8.14. The standard InChI is InChI=1S/C23H24N6O3/c1-14-15(2)23(27-29(13-24)22(14)25)28-6-5-19-16(12-28)9-18(11-26-19)32-17-3-4-20-21(10-17)31-8-7-30-20/h3-4,9-11,13,24-25H,5-8,12H2,1-2H3. The zero-order valence-electron chi connectivity index (χ0n) is 18.0. The van der Waals surface area contributed by atoms with Crippen molar-refractivity contribution in [3.8, 4) is 23.0 Å². The molecule has 2 aromatic heterocycles. The van der Waals surface area contributed by atoms with E-state index in [-0.39, 0.29) is 5.49 Å². The molecule has 0 bridgehead atoms. The SMILES string of the molecule is Cc1c(N2CCc3ncc(Oc4ccc5c(c4)OCCO5)cc3C2)nn(C=N)c(=N)c1C. The second-order valence-corrected chi connectivity index (χ2v) is 7.85.